The molecule has 0 saturated heterocycles. The van der Waals surface area contributed by atoms with E-state index in [-0.39, 0.29) is 41.0 Å². The van der Waals surface area contributed by atoms with Crippen LogP contribution in [-0.4, -0.2) is 48.5 Å². The normalized spacial score (nSPS) is 19.4. The Kier molecular flexibility index (Phi) is 7.05. The minimum absolute atomic E-state index is 0.0117. The van der Waals surface area contributed by atoms with Gasteiger partial charge in [0, 0.05) is 16.7 Å². The van der Waals surface area contributed by atoms with Crippen LogP contribution in [0.5, 0.6) is 17.2 Å². The SMILES string of the molecule is COc1cc(C(=O)NCC(O)(c2cc3c(c(-c4ccc(C#N)cc4)n2)OCC3(C)N)C(F)(F)F)ccc1OC1CC1. The molecule has 1 aromatic heterocycles. The highest BCUT2D eigenvalue weighted by molar-refractivity contribution is 5.95. The fourth-order valence-electron chi connectivity index (χ4n) is 4.43. The van der Waals surface area contributed by atoms with E-state index in [1.54, 1.807) is 6.92 Å². The number of amides is 1. The smallest absolute Gasteiger partial charge is 0.424 e. The molecule has 0 radical (unpaired) electrons. The molecule has 3 aromatic rings. The molecule has 41 heavy (non-hydrogen) atoms. The molecule has 1 amide bonds. The Morgan fingerprint density at radius 1 is 1.22 bits per heavy atom. The van der Waals surface area contributed by atoms with E-state index >= 15 is 0 Å². The number of rotatable bonds is 8. The van der Waals surface area contributed by atoms with Gasteiger partial charge in [0.15, 0.2) is 17.2 Å². The lowest BCUT2D eigenvalue weighted by molar-refractivity contribution is -0.265. The number of nitriles is 1. The molecule has 1 saturated carbocycles. The summed E-state index contributed by atoms with van der Waals surface area (Å²) >= 11 is 0. The molecule has 9 nitrogen and oxygen atoms in total. The topological polar surface area (TPSA) is 140 Å². The van der Waals surface area contributed by atoms with E-state index in [1.807, 2.05) is 6.07 Å². The molecule has 1 fully saturated rings. The molecule has 2 aliphatic rings. The van der Waals surface area contributed by atoms with Gasteiger partial charge in [0.05, 0.1) is 42.6 Å². The van der Waals surface area contributed by atoms with E-state index in [1.165, 1.54) is 49.6 Å². The minimum Gasteiger partial charge on any atom is -0.493 e. The predicted molar refractivity (Wildman–Crippen MR) is 140 cm³/mol. The number of hydrogen-bond donors (Lipinski definition) is 3. The Morgan fingerprint density at radius 3 is 2.54 bits per heavy atom. The molecule has 0 bridgehead atoms. The number of benzene rings is 2. The molecule has 1 aliphatic heterocycles. The number of pyridine rings is 1. The summed E-state index contributed by atoms with van der Waals surface area (Å²) in [6.45, 7) is 0.322. The van der Waals surface area contributed by atoms with Gasteiger partial charge >= 0.3 is 6.18 Å². The number of methoxy groups -OCH3 is 1. The number of aliphatic hydroxyl groups is 1. The molecule has 5 rings (SSSR count). The summed E-state index contributed by atoms with van der Waals surface area (Å²) in [4.78, 5) is 17.1. The van der Waals surface area contributed by atoms with Gasteiger partial charge in [-0.15, -0.1) is 0 Å². The highest BCUT2D eigenvalue weighted by Crippen LogP contribution is 2.46. The average molecular weight is 569 g/mol. The van der Waals surface area contributed by atoms with E-state index < -0.39 is 35.5 Å². The highest BCUT2D eigenvalue weighted by Gasteiger charge is 2.57. The van der Waals surface area contributed by atoms with Gasteiger partial charge in [-0.05, 0) is 56.2 Å². The van der Waals surface area contributed by atoms with Gasteiger partial charge in [-0.1, -0.05) is 12.1 Å². The molecule has 1 aliphatic carbocycles. The number of nitrogens with two attached hydrogens (primary N) is 1. The van der Waals surface area contributed by atoms with Crippen molar-refractivity contribution in [3.05, 3.63) is 70.9 Å². The molecule has 2 atom stereocenters. The van der Waals surface area contributed by atoms with Gasteiger partial charge in [-0.25, -0.2) is 4.98 Å². The number of ether oxygens (including phenoxy) is 3. The van der Waals surface area contributed by atoms with Crippen LogP contribution in [0.15, 0.2) is 48.5 Å². The number of aromatic nitrogens is 1. The molecule has 214 valence electrons. The Bertz CT molecular complexity index is 1530. The van der Waals surface area contributed by atoms with Gasteiger partial charge in [-0.3, -0.25) is 4.79 Å². The van der Waals surface area contributed by atoms with Crippen LogP contribution >= 0.6 is 0 Å². The molecule has 2 unspecified atom stereocenters. The van der Waals surface area contributed by atoms with Gasteiger partial charge in [0.2, 0.25) is 5.60 Å². The zero-order valence-electron chi connectivity index (χ0n) is 22.2. The number of halogens is 3. The maximum absolute atomic E-state index is 14.5. The fourth-order valence-corrected chi connectivity index (χ4v) is 4.43. The van der Waals surface area contributed by atoms with Crippen molar-refractivity contribution in [2.75, 3.05) is 20.3 Å². The number of fused-ring (bicyclic) bond motifs is 1. The number of alkyl halides is 3. The zero-order chi connectivity index (χ0) is 29.6. The Morgan fingerprint density at radius 2 is 1.93 bits per heavy atom. The van der Waals surface area contributed by atoms with Crippen LogP contribution < -0.4 is 25.3 Å². The summed E-state index contributed by atoms with van der Waals surface area (Å²) < 4.78 is 60.3. The van der Waals surface area contributed by atoms with Crippen LogP contribution in [0.4, 0.5) is 13.2 Å². The third-order valence-corrected chi connectivity index (χ3v) is 7.03. The third-order valence-electron chi connectivity index (χ3n) is 7.03. The first-order valence-electron chi connectivity index (χ1n) is 12.8. The molecule has 12 heteroatoms. The maximum atomic E-state index is 14.5. The van der Waals surface area contributed by atoms with Crippen molar-refractivity contribution >= 4 is 5.91 Å². The number of hydrogen-bond acceptors (Lipinski definition) is 8. The van der Waals surface area contributed by atoms with Crippen molar-refractivity contribution in [3.8, 4) is 34.6 Å². The van der Waals surface area contributed by atoms with Crippen molar-refractivity contribution in [3.63, 3.8) is 0 Å². The molecule has 4 N–H and O–H groups in total. The van der Waals surface area contributed by atoms with Crippen LogP contribution in [0.1, 0.15) is 46.9 Å². The van der Waals surface area contributed by atoms with Gasteiger partial charge < -0.3 is 30.4 Å². The standard InChI is InChI=1S/C29H27F3N4O5/c1-27(34)15-40-25-20(27)12-23(36-24(25)17-5-3-16(13-33)4-6-17)28(38,29(30,31)32)14-35-26(37)18-7-10-21(22(11-18)39-2)41-19-8-9-19/h3-7,10-12,19,38H,8-9,14-15,34H2,1-2H3,(H,35,37). The number of nitrogens with zero attached hydrogens (tertiary/aromatic N) is 2. The van der Waals surface area contributed by atoms with Crippen LogP contribution in [0, 0.1) is 11.3 Å². The summed E-state index contributed by atoms with van der Waals surface area (Å²) in [6.07, 6.45) is -3.37. The summed E-state index contributed by atoms with van der Waals surface area (Å²) in [5.41, 5.74) is 1.73. The van der Waals surface area contributed by atoms with E-state index in [2.05, 4.69) is 10.3 Å². The molecule has 2 heterocycles. The van der Waals surface area contributed by atoms with Crippen LogP contribution in [0.2, 0.25) is 0 Å². The summed E-state index contributed by atoms with van der Waals surface area (Å²) in [6, 6.07) is 13.3. The summed E-state index contributed by atoms with van der Waals surface area (Å²) in [5, 5.41) is 22.5. The maximum Gasteiger partial charge on any atom is 0.424 e. The molecular weight excluding hydrogens is 541 g/mol. The first-order valence-corrected chi connectivity index (χ1v) is 12.8. The Labute approximate surface area is 233 Å². The van der Waals surface area contributed by atoms with E-state index in [0.29, 0.717) is 16.9 Å². The Hall–Kier alpha value is -4.34. The monoisotopic (exact) mass is 568 g/mol. The van der Waals surface area contributed by atoms with E-state index in [9.17, 15) is 23.1 Å². The first kappa shape index (κ1) is 28.2. The zero-order valence-corrected chi connectivity index (χ0v) is 22.2. The lowest BCUT2D eigenvalue weighted by Gasteiger charge is -2.31. The second-order valence-corrected chi connectivity index (χ2v) is 10.4. The summed E-state index contributed by atoms with van der Waals surface area (Å²) in [5.74, 6) is -0.0182. The van der Waals surface area contributed by atoms with Gasteiger partial charge in [-0.2, -0.15) is 18.4 Å². The van der Waals surface area contributed by atoms with Gasteiger partial charge in [0.1, 0.15) is 12.3 Å². The lowest BCUT2D eigenvalue weighted by atomic mass is 9.89. The largest absolute Gasteiger partial charge is 0.493 e. The first-order chi connectivity index (χ1) is 19.4. The quantitative estimate of drug-likeness (QED) is 0.372. The number of nitrogens with one attached hydrogen (secondary N) is 1. The predicted octanol–water partition coefficient (Wildman–Crippen LogP) is 3.92. The Balaban J connectivity index is 1.50. The van der Waals surface area contributed by atoms with Crippen LogP contribution in [0.3, 0.4) is 0 Å². The molecular formula is C29H27F3N4O5. The fraction of sp³-hybridized carbons (Fsp3) is 0.345. The van der Waals surface area contributed by atoms with Gasteiger partial charge in [0.25, 0.3) is 5.91 Å². The minimum atomic E-state index is -5.24. The van der Waals surface area contributed by atoms with Crippen molar-refractivity contribution in [2.45, 2.75) is 43.2 Å². The average Bonchev–Trinajstić information content (AvgIpc) is 3.72. The highest BCUT2D eigenvalue weighted by atomic mass is 19.4. The summed E-state index contributed by atoms with van der Waals surface area (Å²) in [7, 11) is 1.39. The van der Waals surface area contributed by atoms with E-state index in [4.69, 9.17) is 25.2 Å². The van der Waals surface area contributed by atoms with Crippen molar-refractivity contribution in [1.82, 2.24) is 10.3 Å². The van der Waals surface area contributed by atoms with Crippen molar-refractivity contribution < 1.29 is 37.3 Å². The molecule has 0 spiro atoms. The van der Waals surface area contributed by atoms with Crippen LogP contribution in [0.25, 0.3) is 11.3 Å². The number of carbonyl (C=O) groups excluding carboxylic acids is 1. The van der Waals surface area contributed by atoms with Crippen molar-refractivity contribution in [2.24, 2.45) is 5.73 Å². The second kappa shape index (κ2) is 10.2. The lowest BCUT2D eigenvalue weighted by Crippen LogP contribution is -2.51. The van der Waals surface area contributed by atoms with E-state index in [0.717, 1.165) is 18.9 Å². The number of carbonyl (C=O) groups is 1. The second-order valence-electron chi connectivity index (χ2n) is 10.4. The van der Waals surface area contributed by atoms with Crippen molar-refractivity contribution in [1.29, 1.82) is 5.26 Å². The third kappa shape index (κ3) is 5.38. The molecule has 2 aromatic carbocycles. The van der Waals surface area contributed by atoms with Crippen LogP contribution in [-0.2, 0) is 11.1 Å².